The van der Waals surface area contributed by atoms with Gasteiger partial charge < -0.3 is 25.0 Å². The van der Waals surface area contributed by atoms with Crippen LogP contribution in [0.15, 0.2) is 60.7 Å². The quantitative estimate of drug-likeness (QED) is 0.224. The number of nitrogens with one attached hydrogen (secondary N) is 1. The van der Waals surface area contributed by atoms with Crippen molar-refractivity contribution in [3.63, 3.8) is 0 Å². The van der Waals surface area contributed by atoms with E-state index in [2.05, 4.69) is 64.7 Å². The summed E-state index contributed by atoms with van der Waals surface area (Å²) in [7, 11) is 0. The molecule has 0 radical (unpaired) electrons. The molecule has 0 unspecified atom stereocenters. The van der Waals surface area contributed by atoms with Crippen LogP contribution in [0.1, 0.15) is 84.9 Å². The summed E-state index contributed by atoms with van der Waals surface area (Å²) in [5, 5.41) is 23.1. The van der Waals surface area contributed by atoms with Crippen molar-refractivity contribution in [3.8, 4) is 5.75 Å². The summed E-state index contributed by atoms with van der Waals surface area (Å²) >= 11 is 0. The van der Waals surface area contributed by atoms with Crippen LogP contribution in [-0.4, -0.2) is 40.0 Å². The standard InChI is InChI=1S/C34H49NO6/c1-22(2)26(20-28(29(36)17-23(3)31(37)38)35-32(39)41-34(7,8)9)18-25-15-16-27(33(4,5)6)30(19-25)40-21-24-13-11-10-12-14-24/h10-16,19,22,26,28-29,36H,3,17-18,20-21H2,1-2,4-9H3,(H,35,39)(H,37,38)/t26-,28-,29-/m0/s1. The van der Waals surface area contributed by atoms with Gasteiger partial charge in [0.25, 0.3) is 0 Å². The minimum Gasteiger partial charge on any atom is -0.489 e. The Morgan fingerprint density at radius 2 is 1.61 bits per heavy atom. The molecule has 7 nitrogen and oxygen atoms in total. The van der Waals surface area contributed by atoms with E-state index in [0.717, 1.165) is 22.4 Å². The molecule has 0 aliphatic carbocycles. The van der Waals surface area contributed by atoms with E-state index in [1.165, 1.54) is 0 Å². The predicted molar refractivity (Wildman–Crippen MR) is 163 cm³/mol. The molecule has 0 aliphatic rings. The van der Waals surface area contributed by atoms with Crippen LogP contribution in [0.3, 0.4) is 0 Å². The van der Waals surface area contributed by atoms with Crippen molar-refractivity contribution in [1.82, 2.24) is 5.32 Å². The van der Waals surface area contributed by atoms with E-state index in [9.17, 15) is 19.8 Å². The topological polar surface area (TPSA) is 105 Å². The van der Waals surface area contributed by atoms with Crippen LogP contribution in [0, 0.1) is 11.8 Å². The number of carbonyl (C=O) groups is 2. The fraction of sp³-hybridized carbons (Fsp3) is 0.529. The fourth-order valence-corrected chi connectivity index (χ4v) is 4.64. The Labute approximate surface area is 246 Å². The SMILES string of the molecule is C=C(C[C@H](O)[C@H](C[C@H](Cc1ccc(C(C)(C)C)c(OCc2ccccc2)c1)C(C)C)NC(=O)OC(C)(C)C)C(=O)O. The number of rotatable bonds is 13. The Hall–Kier alpha value is -3.32. The zero-order chi connectivity index (χ0) is 31.0. The Balaban J connectivity index is 2.32. The third kappa shape index (κ3) is 11.6. The number of aliphatic hydroxyl groups excluding tert-OH is 1. The van der Waals surface area contributed by atoms with Gasteiger partial charge in [0.1, 0.15) is 18.0 Å². The van der Waals surface area contributed by atoms with Gasteiger partial charge >= 0.3 is 12.1 Å². The number of carboxylic acids is 1. The molecule has 0 aliphatic heterocycles. The number of carboxylic acid groups (broad SMARTS) is 1. The highest BCUT2D eigenvalue weighted by Crippen LogP contribution is 2.34. The third-order valence-electron chi connectivity index (χ3n) is 7.01. The van der Waals surface area contributed by atoms with E-state index >= 15 is 0 Å². The van der Waals surface area contributed by atoms with Gasteiger partial charge in [0.2, 0.25) is 0 Å². The van der Waals surface area contributed by atoms with Gasteiger partial charge in [-0.05, 0) is 73.6 Å². The van der Waals surface area contributed by atoms with E-state index in [0.29, 0.717) is 19.4 Å². The fourth-order valence-electron chi connectivity index (χ4n) is 4.64. The molecule has 0 spiro atoms. The first-order valence-electron chi connectivity index (χ1n) is 14.3. The van der Waals surface area contributed by atoms with Crippen molar-refractivity contribution in [2.24, 2.45) is 11.8 Å². The highest BCUT2D eigenvalue weighted by Gasteiger charge is 2.30. The predicted octanol–water partition coefficient (Wildman–Crippen LogP) is 7.05. The summed E-state index contributed by atoms with van der Waals surface area (Å²) in [6.45, 7) is 20.0. The largest absolute Gasteiger partial charge is 0.489 e. The molecule has 3 atom stereocenters. The first kappa shape index (κ1) is 33.9. The smallest absolute Gasteiger partial charge is 0.407 e. The minimum atomic E-state index is -1.18. The van der Waals surface area contributed by atoms with Crippen molar-refractivity contribution < 1.29 is 29.3 Å². The van der Waals surface area contributed by atoms with Crippen LogP contribution in [0.2, 0.25) is 0 Å². The lowest BCUT2D eigenvalue weighted by molar-refractivity contribution is -0.133. The Bertz CT molecular complexity index is 1160. The molecule has 1 amide bonds. The second kappa shape index (κ2) is 14.5. The van der Waals surface area contributed by atoms with Crippen molar-refractivity contribution in [3.05, 3.63) is 77.4 Å². The normalized spacial score (nSPS) is 14.2. The highest BCUT2D eigenvalue weighted by molar-refractivity contribution is 5.85. The number of ether oxygens (including phenoxy) is 2. The van der Waals surface area contributed by atoms with Crippen molar-refractivity contribution in [2.75, 3.05) is 0 Å². The lowest BCUT2D eigenvalue weighted by atomic mass is 9.81. The lowest BCUT2D eigenvalue weighted by Gasteiger charge is -2.31. The van der Waals surface area contributed by atoms with Crippen LogP contribution >= 0.6 is 0 Å². The van der Waals surface area contributed by atoms with Gasteiger partial charge in [-0.25, -0.2) is 9.59 Å². The van der Waals surface area contributed by atoms with E-state index < -0.39 is 29.8 Å². The van der Waals surface area contributed by atoms with E-state index in [4.69, 9.17) is 9.47 Å². The number of hydrogen-bond acceptors (Lipinski definition) is 5. The molecule has 2 aromatic rings. The summed E-state index contributed by atoms with van der Waals surface area (Å²) in [6.07, 6.45) is -0.857. The van der Waals surface area contributed by atoms with Gasteiger partial charge in [-0.15, -0.1) is 0 Å². The summed E-state index contributed by atoms with van der Waals surface area (Å²) in [6, 6.07) is 15.7. The van der Waals surface area contributed by atoms with E-state index in [1.807, 2.05) is 30.3 Å². The number of benzene rings is 2. The van der Waals surface area contributed by atoms with Gasteiger partial charge in [-0.3, -0.25) is 0 Å². The number of aliphatic carboxylic acids is 1. The van der Waals surface area contributed by atoms with Gasteiger partial charge in [0.15, 0.2) is 0 Å². The van der Waals surface area contributed by atoms with Gasteiger partial charge in [0.05, 0.1) is 12.1 Å². The van der Waals surface area contributed by atoms with Crippen molar-refractivity contribution >= 4 is 12.1 Å². The molecule has 0 bridgehead atoms. The molecule has 3 N–H and O–H groups in total. The highest BCUT2D eigenvalue weighted by atomic mass is 16.6. The van der Waals surface area contributed by atoms with Crippen molar-refractivity contribution in [1.29, 1.82) is 0 Å². The molecule has 0 aromatic heterocycles. The van der Waals surface area contributed by atoms with Crippen LogP contribution < -0.4 is 10.1 Å². The summed E-state index contributed by atoms with van der Waals surface area (Å²) < 4.78 is 11.8. The van der Waals surface area contributed by atoms with Crippen molar-refractivity contribution in [2.45, 2.75) is 104 Å². The summed E-state index contributed by atoms with van der Waals surface area (Å²) in [5.74, 6) is -0.0704. The molecule has 2 aromatic carbocycles. The average molecular weight is 568 g/mol. The molecular weight excluding hydrogens is 518 g/mol. The molecule has 0 heterocycles. The lowest BCUT2D eigenvalue weighted by Crippen LogP contribution is -2.47. The average Bonchev–Trinajstić information content (AvgIpc) is 2.85. The Kier molecular flexibility index (Phi) is 12.0. The summed E-state index contributed by atoms with van der Waals surface area (Å²) in [5.41, 5.74) is 2.34. The third-order valence-corrected chi connectivity index (χ3v) is 7.01. The summed E-state index contributed by atoms with van der Waals surface area (Å²) in [4.78, 5) is 24.0. The molecule has 0 saturated carbocycles. The minimum absolute atomic E-state index is 0.0603. The first-order valence-corrected chi connectivity index (χ1v) is 14.3. The second-order valence-electron chi connectivity index (χ2n) is 13.2. The molecule has 2 rings (SSSR count). The number of alkyl carbamates (subject to hydrolysis) is 1. The molecular formula is C34H49NO6. The maximum atomic E-state index is 12.7. The number of carbonyl (C=O) groups excluding carboxylic acids is 1. The maximum absolute atomic E-state index is 12.7. The first-order chi connectivity index (χ1) is 19.0. The second-order valence-corrected chi connectivity index (χ2v) is 13.2. The van der Waals surface area contributed by atoms with Gasteiger partial charge in [-0.1, -0.05) is 83.7 Å². The Morgan fingerprint density at radius 3 is 2.15 bits per heavy atom. The molecule has 7 heteroatoms. The van der Waals surface area contributed by atoms with Crippen LogP contribution in [0.4, 0.5) is 4.79 Å². The van der Waals surface area contributed by atoms with Crippen LogP contribution in [0.25, 0.3) is 0 Å². The zero-order valence-corrected chi connectivity index (χ0v) is 26.0. The van der Waals surface area contributed by atoms with Gasteiger partial charge in [-0.2, -0.15) is 0 Å². The number of hydrogen-bond donors (Lipinski definition) is 3. The van der Waals surface area contributed by atoms with E-state index in [1.54, 1.807) is 20.8 Å². The Morgan fingerprint density at radius 1 is 0.976 bits per heavy atom. The zero-order valence-electron chi connectivity index (χ0n) is 26.0. The van der Waals surface area contributed by atoms with Crippen LogP contribution in [0.5, 0.6) is 5.75 Å². The van der Waals surface area contributed by atoms with Gasteiger partial charge in [0, 0.05) is 12.0 Å². The maximum Gasteiger partial charge on any atom is 0.407 e. The molecule has 0 saturated heterocycles. The molecule has 226 valence electrons. The number of amides is 1. The monoisotopic (exact) mass is 567 g/mol. The van der Waals surface area contributed by atoms with E-state index in [-0.39, 0.29) is 29.2 Å². The van der Waals surface area contributed by atoms with Crippen LogP contribution in [-0.2, 0) is 28.0 Å². The molecule has 41 heavy (non-hydrogen) atoms. The molecule has 0 fully saturated rings. The number of aliphatic hydroxyl groups is 1.